The van der Waals surface area contributed by atoms with E-state index in [2.05, 4.69) is 20.1 Å². The Bertz CT molecular complexity index is 1490. The molecule has 0 atom stereocenters. The second kappa shape index (κ2) is 6.46. The van der Waals surface area contributed by atoms with Crippen LogP contribution in [-0.2, 0) is 10.0 Å². The van der Waals surface area contributed by atoms with Gasteiger partial charge in [0.2, 0.25) is 0 Å². The quantitative estimate of drug-likeness (QED) is 0.455. The molecule has 5 rings (SSSR count). The Balaban J connectivity index is 1.79. The maximum atomic E-state index is 13.3. The van der Waals surface area contributed by atoms with E-state index >= 15 is 0 Å². The van der Waals surface area contributed by atoms with Crippen molar-refractivity contribution in [1.82, 2.24) is 9.66 Å². The molecule has 4 aromatic rings. The van der Waals surface area contributed by atoms with Gasteiger partial charge in [-0.2, -0.15) is 13.1 Å². The van der Waals surface area contributed by atoms with Gasteiger partial charge in [0, 0.05) is 12.3 Å². The van der Waals surface area contributed by atoms with Gasteiger partial charge in [0.05, 0.1) is 23.0 Å². The van der Waals surface area contributed by atoms with Crippen LogP contribution >= 0.6 is 0 Å². The van der Waals surface area contributed by atoms with Crippen LogP contribution in [0.25, 0.3) is 11.0 Å². The molecule has 30 heavy (non-hydrogen) atoms. The van der Waals surface area contributed by atoms with Gasteiger partial charge >= 0.3 is 0 Å². The summed E-state index contributed by atoms with van der Waals surface area (Å²) in [5.41, 5.74) is 2.63. The summed E-state index contributed by atoms with van der Waals surface area (Å²) in [6.45, 7) is 0. The van der Waals surface area contributed by atoms with E-state index in [4.69, 9.17) is 4.42 Å². The summed E-state index contributed by atoms with van der Waals surface area (Å²) in [5, 5.41) is 13.9. The average molecular weight is 423 g/mol. The van der Waals surface area contributed by atoms with Crippen LogP contribution in [0.1, 0.15) is 5.56 Å². The van der Waals surface area contributed by atoms with Gasteiger partial charge in [0.1, 0.15) is 22.5 Å². The van der Waals surface area contributed by atoms with Gasteiger partial charge < -0.3 is 14.8 Å². The number of rotatable bonds is 3. The first kappa shape index (κ1) is 17.9. The first-order chi connectivity index (χ1) is 14.5. The van der Waals surface area contributed by atoms with E-state index < -0.39 is 21.3 Å². The highest BCUT2D eigenvalue weighted by Gasteiger charge is 2.30. The van der Waals surface area contributed by atoms with Crippen LogP contribution in [0.4, 0.5) is 11.4 Å². The molecule has 0 spiro atoms. The molecule has 0 saturated carbocycles. The van der Waals surface area contributed by atoms with Crippen LogP contribution in [0.5, 0.6) is 5.75 Å². The average Bonchev–Trinajstić information content (AvgIpc) is 3.24. The highest BCUT2D eigenvalue weighted by atomic mass is 32.2. The third-order valence-electron chi connectivity index (χ3n) is 4.54. The van der Waals surface area contributed by atoms with Crippen molar-refractivity contribution in [1.29, 1.82) is 0 Å². The zero-order valence-electron chi connectivity index (χ0n) is 15.1. The van der Waals surface area contributed by atoms with Crippen molar-refractivity contribution in [3.63, 3.8) is 0 Å². The molecule has 4 heterocycles. The number of sulfonamides is 1. The molecule has 0 unspecified atom stereocenters. The summed E-state index contributed by atoms with van der Waals surface area (Å²) in [6.07, 6.45) is 4.26. The number of anilines is 2. The lowest BCUT2D eigenvalue weighted by Crippen LogP contribution is -2.35. The van der Waals surface area contributed by atoms with Crippen LogP contribution < -0.4 is 16.3 Å². The van der Waals surface area contributed by atoms with E-state index in [1.165, 1.54) is 24.8 Å². The van der Waals surface area contributed by atoms with Crippen LogP contribution in [0.2, 0.25) is 0 Å². The van der Waals surface area contributed by atoms with Crippen molar-refractivity contribution in [3.05, 3.63) is 77.1 Å². The van der Waals surface area contributed by atoms with Gasteiger partial charge in [-0.3, -0.25) is 10.2 Å². The van der Waals surface area contributed by atoms with Gasteiger partial charge in [-0.05, 0) is 24.3 Å². The number of fused-ring (bicyclic) bond motifs is 2. The maximum Gasteiger partial charge on any atom is 0.286 e. The second-order valence-electron chi connectivity index (χ2n) is 6.40. The zero-order chi connectivity index (χ0) is 20.9. The Morgan fingerprint density at radius 3 is 2.77 bits per heavy atom. The standard InChI is InChI=1S/C19H13N5O5S/c25-16-12-4-3-8-20-18(12)24(22-11-7-9-29-10-11)19(26)15(16)17-21-13-5-1-2-6-14(13)30(27,28)23-17/h1-10,22,25H,(H,21,23). The number of aromatic hydroxyl groups is 1. The lowest BCUT2D eigenvalue weighted by molar-refractivity contribution is 0.478. The summed E-state index contributed by atoms with van der Waals surface area (Å²) < 4.78 is 35.1. The molecule has 0 amide bonds. The van der Waals surface area contributed by atoms with Gasteiger partial charge in [-0.1, -0.05) is 12.1 Å². The minimum Gasteiger partial charge on any atom is -0.506 e. The largest absolute Gasteiger partial charge is 0.506 e. The van der Waals surface area contributed by atoms with Gasteiger partial charge in [-0.15, -0.1) is 4.40 Å². The fourth-order valence-corrected chi connectivity index (χ4v) is 4.32. The number of hydrogen-bond donors (Lipinski definition) is 3. The van der Waals surface area contributed by atoms with Crippen molar-refractivity contribution in [2.45, 2.75) is 4.90 Å². The number of furan rings is 1. The minimum atomic E-state index is -4.07. The molecule has 1 aliphatic rings. The van der Waals surface area contributed by atoms with E-state index in [9.17, 15) is 18.3 Å². The van der Waals surface area contributed by atoms with Crippen LogP contribution in [0, 0.1) is 0 Å². The van der Waals surface area contributed by atoms with Crippen LogP contribution in [0.3, 0.4) is 0 Å². The molecule has 1 aromatic carbocycles. The highest BCUT2D eigenvalue weighted by Crippen LogP contribution is 2.31. The van der Waals surface area contributed by atoms with Gasteiger partial charge in [0.15, 0.2) is 11.5 Å². The first-order valence-electron chi connectivity index (χ1n) is 8.69. The third-order valence-corrected chi connectivity index (χ3v) is 5.87. The zero-order valence-corrected chi connectivity index (χ0v) is 15.9. The minimum absolute atomic E-state index is 0.0208. The molecule has 0 aliphatic carbocycles. The van der Waals surface area contributed by atoms with E-state index in [1.807, 2.05) is 0 Å². The Morgan fingerprint density at radius 1 is 1.13 bits per heavy atom. The highest BCUT2D eigenvalue weighted by molar-refractivity contribution is 7.90. The van der Waals surface area contributed by atoms with Crippen LogP contribution in [-0.4, -0.2) is 29.0 Å². The van der Waals surface area contributed by atoms with Crippen molar-refractivity contribution in [3.8, 4) is 5.75 Å². The van der Waals surface area contributed by atoms with Gasteiger partial charge in [-0.25, -0.2) is 4.98 Å². The summed E-state index contributed by atoms with van der Waals surface area (Å²) in [7, 11) is -4.07. The number of hydrogen-bond acceptors (Lipinski definition) is 8. The fourth-order valence-electron chi connectivity index (χ4n) is 3.20. The fraction of sp³-hybridized carbons (Fsp3) is 0. The molecular weight excluding hydrogens is 410 g/mol. The van der Waals surface area contributed by atoms with Crippen LogP contribution in [0.15, 0.2) is 79.7 Å². The summed E-state index contributed by atoms with van der Waals surface area (Å²) in [4.78, 5) is 17.5. The van der Waals surface area contributed by atoms with Gasteiger partial charge in [0.25, 0.3) is 15.6 Å². The monoisotopic (exact) mass is 423 g/mol. The summed E-state index contributed by atoms with van der Waals surface area (Å²) in [5.74, 6) is -0.723. The lowest BCUT2D eigenvalue weighted by Gasteiger charge is -2.20. The van der Waals surface area contributed by atoms with Crippen molar-refractivity contribution in [2.75, 3.05) is 10.7 Å². The summed E-state index contributed by atoms with van der Waals surface area (Å²) >= 11 is 0. The molecule has 3 N–H and O–H groups in total. The molecule has 1 aliphatic heterocycles. The molecule has 11 heteroatoms. The smallest absolute Gasteiger partial charge is 0.286 e. The van der Waals surface area contributed by atoms with E-state index in [-0.39, 0.29) is 33.0 Å². The molecule has 0 fully saturated rings. The van der Waals surface area contributed by atoms with Crippen molar-refractivity contribution >= 4 is 38.3 Å². The Morgan fingerprint density at radius 2 is 1.97 bits per heavy atom. The summed E-state index contributed by atoms with van der Waals surface area (Å²) in [6, 6.07) is 10.9. The second-order valence-corrected chi connectivity index (χ2v) is 7.97. The predicted octanol–water partition coefficient (Wildman–Crippen LogP) is 2.13. The Kier molecular flexibility index (Phi) is 3.86. The maximum absolute atomic E-state index is 13.3. The number of nitrogens with one attached hydrogen (secondary N) is 2. The molecule has 150 valence electrons. The molecule has 10 nitrogen and oxygen atoms in total. The normalized spacial score (nSPS) is 14.6. The molecule has 0 radical (unpaired) electrons. The Labute approximate surface area is 169 Å². The van der Waals surface area contributed by atoms with E-state index in [0.717, 1.165) is 4.68 Å². The van der Waals surface area contributed by atoms with Crippen molar-refractivity contribution < 1.29 is 17.9 Å². The Hall–Kier alpha value is -4.12. The predicted molar refractivity (Wildman–Crippen MR) is 109 cm³/mol. The SMILES string of the molecule is O=c1c(C2=NS(=O)(=O)c3ccccc3N2)c(O)c2cccnc2n1Nc1ccoc1. The lowest BCUT2D eigenvalue weighted by atomic mass is 10.1. The number of aromatic nitrogens is 2. The number of pyridine rings is 2. The van der Waals surface area contributed by atoms with E-state index in [0.29, 0.717) is 5.69 Å². The number of amidine groups is 1. The molecule has 0 bridgehead atoms. The first-order valence-corrected chi connectivity index (χ1v) is 10.1. The number of benzene rings is 1. The molecule has 0 saturated heterocycles. The van der Waals surface area contributed by atoms with Crippen molar-refractivity contribution in [2.24, 2.45) is 4.40 Å². The third kappa shape index (κ3) is 2.71. The number of para-hydroxylation sites is 1. The topological polar surface area (TPSA) is 139 Å². The van der Waals surface area contributed by atoms with E-state index in [1.54, 1.807) is 36.4 Å². The number of nitrogens with zero attached hydrogens (tertiary/aromatic N) is 3. The molecular formula is C19H13N5O5S. The molecule has 3 aromatic heterocycles.